The van der Waals surface area contributed by atoms with Crippen LogP contribution in [0.2, 0.25) is 0 Å². The van der Waals surface area contributed by atoms with Crippen LogP contribution in [-0.2, 0) is 10.0 Å². The first-order chi connectivity index (χ1) is 9.92. The SMILES string of the molecule is CCOc1ccc(NS(=O)(=O)c2ccc(C)cc2C)cc1. The molecule has 0 unspecified atom stereocenters. The molecule has 0 spiro atoms. The normalized spacial score (nSPS) is 11.2. The molecule has 0 radical (unpaired) electrons. The van der Waals surface area contributed by atoms with Crippen LogP contribution >= 0.6 is 0 Å². The van der Waals surface area contributed by atoms with E-state index in [-0.39, 0.29) is 0 Å². The zero-order valence-electron chi connectivity index (χ0n) is 12.4. The highest BCUT2D eigenvalue weighted by atomic mass is 32.2. The van der Waals surface area contributed by atoms with Crippen molar-refractivity contribution in [3.63, 3.8) is 0 Å². The first kappa shape index (κ1) is 15.4. The molecule has 112 valence electrons. The highest BCUT2D eigenvalue weighted by Crippen LogP contribution is 2.22. The summed E-state index contributed by atoms with van der Waals surface area (Å²) in [7, 11) is -3.58. The van der Waals surface area contributed by atoms with Gasteiger partial charge in [0.25, 0.3) is 10.0 Å². The predicted molar refractivity (Wildman–Crippen MR) is 84.3 cm³/mol. The number of benzene rings is 2. The van der Waals surface area contributed by atoms with E-state index in [1.807, 2.05) is 19.9 Å². The third kappa shape index (κ3) is 3.76. The molecular formula is C16H19NO3S. The van der Waals surface area contributed by atoms with Crippen molar-refractivity contribution in [1.82, 2.24) is 0 Å². The van der Waals surface area contributed by atoms with Crippen LogP contribution in [0.25, 0.3) is 0 Å². The third-order valence-corrected chi connectivity index (χ3v) is 4.58. The molecular weight excluding hydrogens is 286 g/mol. The molecule has 0 aliphatic rings. The Morgan fingerprint density at radius 3 is 2.29 bits per heavy atom. The van der Waals surface area contributed by atoms with Gasteiger partial charge in [0.05, 0.1) is 11.5 Å². The zero-order chi connectivity index (χ0) is 15.5. The second-order valence-electron chi connectivity index (χ2n) is 4.83. The fraction of sp³-hybridized carbons (Fsp3) is 0.250. The van der Waals surface area contributed by atoms with E-state index in [0.717, 1.165) is 11.1 Å². The van der Waals surface area contributed by atoms with Crippen molar-refractivity contribution in [3.05, 3.63) is 53.6 Å². The number of sulfonamides is 1. The minimum atomic E-state index is -3.58. The quantitative estimate of drug-likeness (QED) is 0.919. The molecule has 0 aromatic heterocycles. The van der Waals surface area contributed by atoms with Gasteiger partial charge in [0.1, 0.15) is 5.75 Å². The Labute approximate surface area is 125 Å². The fourth-order valence-corrected chi connectivity index (χ4v) is 3.38. The molecule has 0 aliphatic heterocycles. The Balaban J connectivity index is 2.24. The lowest BCUT2D eigenvalue weighted by atomic mass is 10.2. The largest absolute Gasteiger partial charge is 0.494 e. The van der Waals surface area contributed by atoms with Gasteiger partial charge in [0.2, 0.25) is 0 Å². The maximum atomic E-state index is 12.4. The topological polar surface area (TPSA) is 55.4 Å². The van der Waals surface area contributed by atoms with E-state index < -0.39 is 10.0 Å². The summed E-state index contributed by atoms with van der Waals surface area (Å²) in [6.45, 7) is 6.20. The highest BCUT2D eigenvalue weighted by Gasteiger charge is 2.16. The Morgan fingerprint density at radius 2 is 1.71 bits per heavy atom. The Kier molecular flexibility index (Phi) is 4.53. The van der Waals surface area contributed by atoms with Crippen LogP contribution < -0.4 is 9.46 Å². The van der Waals surface area contributed by atoms with Crippen LogP contribution in [0.1, 0.15) is 18.1 Å². The zero-order valence-corrected chi connectivity index (χ0v) is 13.2. The second-order valence-corrected chi connectivity index (χ2v) is 6.48. The molecule has 1 N–H and O–H groups in total. The van der Waals surface area contributed by atoms with Gasteiger partial charge in [-0.25, -0.2) is 8.42 Å². The van der Waals surface area contributed by atoms with Crippen molar-refractivity contribution >= 4 is 15.7 Å². The lowest BCUT2D eigenvalue weighted by molar-refractivity contribution is 0.340. The molecule has 0 saturated carbocycles. The summed E-state index contributed by atoms with van der Waals surface area (Å²) >= 11 is 0. The minimum absolute atomic E-state index is 0.294. The van der Waals surface area contributed by atoms with Crippen molar-refractivity contribution in [2.75, 3.05) is 11.3 Å². The summed E-state index contributed by atoms with van der Waals surface area (Å²) in [6.07, 6.45) is 0. The van der Waals surface area contributed by atoms with Crippen molar-refractivity contribution in [3.8, 4) is 5.75 Å². The molecule has 5 heteroatoms. The van der Waals surface area contributed by atoms with Gasteiger partial charge >= 0.3 is 0 Å². The Morgan fingerprint density at radius 1 is 1.05 bits per heavy atom. The van der Waals surface area contributed by atoms with Crippen LogP contribution in [0.3, 0.4) is 0 Å². The van der Waals surface area contributed by atoms with Crippen molar-refractivity contribution < 1.29 is 13.2 Å². The molecule has 0 atom stereocenters. The number of anilines is 1. The number of aryl methyl sites for hydroxylation is 2. The molecule has 0 aliphatic carbocycles. The molecule has 0 amide bonds. The van der Waals surface area contributed by atoms with Crippen molar-refractivity contribution in [1.29, 1.82) is 0 Å². The van der Waals surface area contributed by atoms with Gasteiger partial charge in [-0.3, -0.25) is 4.72 Å². The molecule has 2 aromatic carbocycles. The molecule has 0 fully saturated rings. The van der Waals surface area contributed by atoms with Gasteiger partial charge in [0.15, 0.2) is 0 Å². The Hall–Kier alpha value is -2.01. The van der Waals surface area contributed by atoms with E-state index in [1.54, 1.807) is 43.3 Å². The van der Waals surface area contributed by atoms with Crippen molar-refractivity contribution in [2.24, 2.45) is 0 Å². The summed E-state index contributed by atoms with van der Waals surface area (Å²) < 4.78 is 32.7. The van der Waals surface area contributed by atoms with Crippen LogP contribution in [0, 0.1) is 13.8 Å². The molecule has 0 saturated heterocycles. The molecule has 2 aromatic rings. The van der Waals surface area contributed by atoms with Crippen molar-refractivity contribution in [2.45, 2.75) is 25.7 Å². The number of hydrogen-bond acceptors (Lipinski definition) is 3. The highest BCUT2D eigenvalue weighted by molar-refractivity contribution is 7.92. The summed E-state index contributed by atoms with van der Waals surface area (Å²) in [5.41, 5.74) is 2.28. The predicted octanol–water partition coefficient (Wildman–Crippen LogP) is 3.50. The lowest BCUT2D eigenvalue weighted by Crippen LogP contribution is -2.14. The summed E-state index contributed by atoms with van der Waals surface area (Å²) in [5, 5.41) is 0. The standard InChI is InChI=1S/C16H19NO3S/c1-4-20-15-8-6-14(7-9-15)17-21(18,19)16-10-5-12(2)11-13(16)3/h5-11,17H,4H2,1-3H3. The van der Waals surface area contributed by atoms with E-state index in [2.05, 4.69) is 4.72 Å². The number of rotatable bonds is 5. The van der Waals surface area contributed by atoms with Crippen LogP contribution in [0.5, 0.6) is 5.75 Å². The fourth-order valence-electron chi connectivity index (χ4n) is 2.10. The van der Waals surface area contributed by atoms with Gasteiger partial charge in [-0.2, -0.15) is 0 Å². The lowest BCUT2D eigenvalue weighted by Gasteiger charge is -2.11. The number of hydrogen-bond donors (Lipinski definition) is 1. The molecule has 2 rings (SSSR count). The van der Waals surface area contributed by atoms with E-state index >= 15 is 0 Å². The Bertz CT molecular complexity index is 722. The first-order valence-corrected chi connectivity index (χ1v) is 8.23. The second kappa shape index (κ2) is 6.18. The van der Waals surface area contributed by atoms with Crippen LogP contribution in [-0.4, -0.2) is 15.0 Å². The molecule has 4 nitrogen and oxygen atoms in total. The summed E-state index contributed by atoms with van der Waals surface area (Å²) in [4.78, 5) is 0.294. The molecule has 0 bridgehead atoms. The molecule has 21 heavy (non-hydrogen) atoms. The smallest absolute Gasteiger partial charge is 0.262 e. The minimum Gasteiger partial charge on any atom is -0.494 e. The molecule has 0 heterocycles. The van der Waals surface area contributed by atoms with E-state index in [4.69, 9.17) is 4.74 Å². The van der Waals surface area contributed by atoms with E-state index in [1.165, 1.54) is 0 Å². The summed E-state index contributed by atoms with van der Waals surface area (Å²) in [6, 6.07) is 12.1. The van der Waals surface area contributed by atoms with Crippen LogP contribution in [0.4, 0.5) is 5.69 Å². The summed E-state index contributed by atoms with van der Waals surface area (Å²) in [5.74, 6) is 0.715. The van der Waals surface area contributed by atoms with Gasteiger partial charge in [-0.05, 0) is 56.7 Å². The maximum absolute atomic E-state index is 12.4. The first-order valence-electron chi connectivity index (χ1n) is 6.75. The maximum Gasteiger partial charge on any atom is 0.262 e. The van der Waals surface area contributed by atoms with Gasteiger partial charge in [-0.15, -0.1) is 0 Å². The number of ether oxygens (including phenoxy) is 1. The van der Waals surface area contributed by atoms with E-state index in [9.17, 15) is 8.42 Å². The third-order valence-electron chi connectivity index (χ3n) is 3.04. The van der Waals surface area contributed by atoms with Gasteiger partial charge in [0, 0.05) is 5.69 Å². The number of nitrogens with one attached hydrogen (secondary N) is 1. The van der Waals surface area contributed by atoms with Crippen LogP contribution in [0.15, 0.2) is 47.4 Å². The average molecular weight is 305 g/mol. The van der Waals surface area contributed by atoms with Gasteiger partial charge < -0.3 is 4.74 Å². The van der Waals surface area contributed by atoms with Gasteiger partial charge in [-0.1, -0.05) is 17.7 Å². The van der Waals surface area contributed by atoms with E-state index in [0.29, 0.717) is 22.9 Å². The monoisotopic (exact) mass is 305 g/mol. The average Bonchev–Trinajstić information content (AvgIpc) is 2.40.